The van der Waals surface area contributed by atoms with Gasteiger partial charge in [0, 0.05) is 38.1 Å². The molecule has 1 spiro atoms. The molecule has 1 saturated heterocycles. The van der Waals surface area contributed by atoms with E-state index in [2.05, 4.69) is 32.2 Å². The Morgan fingerprint density at radius 1 is 1.10 bits per heavy atom. The Labute approximate surface area is 170 Å². The molecule has 0 amide bonds. The van der Waals surface area contributed by atoms with Crippen LogP contribution in [0.2, 0.25) is 0 Å². The first kappa shape index (κ1) is 18.1. The number of nitrogens with zero attached hydrogens (tertiary/aromatic N) is 5. The molecule has 0 aliphatic carbocycles. The molecule has 7 heteroatoms. The summed E-state index contributed by atoms with van der Waals surface area (Å²) in [4.78, 5) is 6.63. The molecule has 29 heavy (non-hydrogen) atoms. The van der Waals surface area contributed by atoms with Crippen molar-refractivity contribution in [3.05, 3.63) is 53.9 Å². The van der Waals surface area contributed by atoms with Gasteiger partial charge in [-0.15, -0.1) is 10.2 Å². The highest BCUT2D eigenvalue weighted by Gasteiger charge is 2.43. The summed E-state index contributed by atoms with van der Waals surface area (Å²) in [5.74, 6) is 2.66. The molecule has 0 unspecified atom stereocenters. The van der Waals surface area contributed by atoms with Crippen molar-refractivity contribution in [2.24, 2.45) is 7.05 Å². The van der Waals surface area contributed by atoms with Gasteiger partial charge >= 0.3 is 0 Å². The monoisotopic (exact) mass is 391 g/mol. The normalized spacial score (nSPS) is 17.9. The largest absolute Gasteiger partial charge is 0.496 e. The first-order valence-corrected chi connectivity index (χ1v) is 10.1. The maximum atomic E-state index is 6.39. The molecule has 0 bridgehead atoms. The third-order valence-corrected chi connectivity index (χ3v) is 6.13. The minimum absolute atomic E-state index is 0.267. The molecule has 150 valence electrons. The first-order valence-electron chi connectivity index (χ1n) is 10.1. The first-order chi connectivity index (χ1) is 14.2. The smallest absolute Gasteiger partial charge is 0.160 e. The van der Waals surface area contributed by atoms with E-state index in [9.17, 15) is 0 Å². The second-order valence-corrected chi connectivity index (χ2v) is 7.71. The summed E-state index contributed by atoms with van der Waals surface area (Å²) in [6.45, 7) is 2.50. The van der Waals surface area contributed by atoms with Crippen LogP contribution in [0.3, 0.4) is 0 Å². The molecule has 0 N–H and O–H groups in total. The highest BCUT2D eigenvalue weighted by atomic mass is 16.5. The number of benzene rings is 1. The van der Waals surface area contributed by atoms with Crippen LogP contribution in [-0.4, -0.2) is 46.6 Å². The quantitative estimate of drug-likeness (QED) is 0.684. The fourth-order valence-electron chi connectivity index (χ4n) is 4.62. The predicted molar refractivity (Wildman–Crippen MR) is 110 cm³/mol. The highest BCUT2D eigenvalue weighted by molar-refractivity contribution is 5.52. The number of ether oxygens (including phenoxy) is 2. The lowest BCUT2D eigenvalue weighted by atomic mass is 9.79. The average Bonchev–Trinajstić information content (AvgIpc) is 3.20. The van der Waals surface area contributed by atoms with Crippen molar-refractivity contribution in [1.29, 1.82) is 0 Å². The van der Waals surface area contributed by atoms with Gasteiger partial charge in [0.15, 0.2) is 11.6 Å². The van der Waals surface area contributed by atoms with Crippen LogP contribution in [0.25, 0.3) is 11.5 Å². The van der Waals surface area contributed by atoms with Crippen LogP contribution < -0.4 is 9.64 Å². The third-order valence-electron chi connectivity index (χ3n) is 6.13. The van der Waals surface area contributed by atoms with Crippen molar-refractivity contribution < 1.29 is 9.47 Å². The van der Waals surface area contributed by atoms with E-state index < -0.39 is 0 Å². The molecular formula is C22H25N5O2. The van der Waals surface area contributed by atoms with E-state index in [1.165, 1.54) is 11.1 Å². The van der Waals surface area contributed by atoms with Gasteiger partial charge in [-0.1, -0.05) is 12.1 Å². The van der Waals surface area contributed by atoms with Gasteiger partial charge in [-0.25, -0.2) is 4.98 Å². The molecule has 1 aromatic carbocycles. The predicted octanol–water partition coefficient (Wildman–Crippen LogP) is 2.95. The molecular weight excluding hydrogens is 366 g/mol. The molecule has 3 aromatic rings. The number of rotatable bonds is 3. The minimum atomic E-state index is -0.267. The fourth-order valence-corrected chi connectivity index (χ4v) is 4.62. The zero-order valence-corrected chi connectivity index (χ0v) is 16.8. The summed E-state index contributed by atoms with van der Waals surface area (Å²) in [5, 5.41) is 8.87. The van der Waals surface area contributed by atoms with Crippen LogP contribution in [0.1, 0.15) is 24.0 Å². The van der Waals surface area contributed by atoms with Crippen LogP contribution in [0.4, 0.5) is 5.82 Å². The maximum Gasteiger partial charge on any atom is 0.160 e. The second kappa shape index (κ2) is 7.15. The minimum Gasteiger partial charge on any atom is -0.496 e. The average molecular weight is 391 g/mol. The summed E-state index contributed by atoms with van der Waals surface area (Å²) in [6, 6.07) is 10.3. The lowest BCUT2D eigenvalue weighted by Crippen LogP contribution is -2.47. The Morgan fingerprint density at radius 3 is 2.66 bits per heavy atom. The van der Waals surface area contributed by atoms with E-state index in [4.69, 9.17) is 9.47 Å². The number of imidazole rings is 1. The Bertz CT molecular complexity index is 992. The van der Waals surface area contributed by atoms with Crippen molar-refractivity contribution >= 4 is 5.82 Å². The summed E-state index contributed by atoms with van der Waals surface area (Å²) in [5.41, 5.74) is 3.11. The second-order valence-electron chi connectivity index (χ2n) is 7.71. The van der Waals surface area contributed by atoms with E-state index in [1.807, 2.05) is 36.0 Å². The maximum absolute atomic E-state index is 6.39. The van der Waals surface area contributed by atoms with Crippen LogP contribution in [0.15, 0.2) is 42.7 Å². The van der Waals surface area contributed by atoms with E-state index in [-0.39, 0.29) is 5.60 Å². The number of methoxy groups -OCH3 is 1. The summed E-state index contributed by atoms with van der Waals surface area (Å²) < 4.78 is 14.0. The number of piperidine rings is 1. The van der Waals surface area contributed by atoms with E-state index in [0.29, 0.717) is 0 Å². The van der Waals surface area contributed by atoms with Crippen LogP contribution in [0.5, 0.6) is 5.75 Å². The molecule has 4 heterocycles. The van der Waals surface area contributed by atoms with Gasteiger partial charge in [-0.3, -0.25) is 0 Å². The molecule has 0 radical (unpaired) electrons. The molecule has 1 fully saturated rings. The highest BCUT2D eigenvalue weighted by Crippen LogP contribution is 2.46. The Hall–Kier alpha value is -2.93. The van der Waals surface area contributed by atoms with Crippen molar-refractivity contribution in [3.63, 3.8) is 0 Å². The molecule has 2 aliphatic rings. The van der Waals surface area contributed by atoms with Gasteiger partial charge in [0.25, 0.3) is 0 Å². The van der Waals surface area contributed by atoms with Crippen molar-refractivity contribution in [3.8, 4) is 17.3 Å². The van der Waals surface area contributed by atoms with Crippen molar-refractivity contribution in [2.75, 3.05) is 31.7 Å². The summed E-state index contributed by atoms with van der Waals surface area (Å²) >= 11 is 0. The van der Waals surface area contributed by atoms with Crippen LogP contribution >= 0.6 is 0 Å². The molecule has 2 aliphatic heterocycles. The number of hydrogen-bond acceptors (Lipinski definition) is 6. The van der Waals surface area contributed by atoms with E-state index >= 15 is 0 Å². The van der Waals surface area contributed by atoms with Gasteiger partial charge in [-0.2, -0.15) is 0 Å². The van der Waals surface area contributed by atoms with Gasteiger partial charge in [0.2, 0.25) is 0 Å². The van der Waals surface area contributed by atoms with Crippen LogP contribution in [-0.2, 0) is 23.8 Å². The molecule has 0 saturated carbocycles. The third kappa shape index (κ3) is 3.06. The van der Waals surface area contributed by atoms with Crippen LogP contribution in [0, 0.1) is 0 Å². The molecule has 5 rings (SSSR count). The number of hydrogen-bond donors (Lipinski definition) is 0. The number of aromatic nitrogens is 4. The van der Waals surface area contributed by atoms with Crippen molar-refractivity contribution in [1.82, 2.24) is 19.7 Å². The lowest BCUT2D eigenvalue weighted by Gasteiger charge is -2.45. The SMILES string of the molecule is COc1cccc2c1C1(CCN(c3ccc(-c4nccn4C)nn3)CC1)OCC2. The number of fused-ring (bicyclic) bond motifs is 2. The summed E-state index contributed by atoms with van der Waals surface area (Å²) in [7, 11) is 3.70. The van der Waals surface area contributed by atoms with Gasteiger partial charge in [-0.05, 0) is 43.0 Å². The number of anilines is 1. The topological polar surface area (TPSA) is 65.3 Å². The molecule has 7 nitrogen and oxygen atoms in total. The lowest BCUT2D eigenvalue weighted by molar-refractivity contribution is -0.0780. The van der Waals surface area contributed by atoms with Gasteiger partial charge in [0.1, 0.15) is 17.0 Å². The zero-order chi connectivity index (χ0) is 19.8. The molecule has 0 atom stereocenters. The summed E-state index contributed by atoms with van der Waals surface area (Å²) in [6.07, 6.45) is 6.43. The molecule has 2 aromatic heterocycles. The fraction of sp³-hybridized carbons (Fsp3) is 0.409. The zero-order valence-electron chi connectivity index (χ0n) is 16.8. The van der Waals surface area contributed by atoms with E-state index in [0.717, 1.165) is 62.0 Å². The standard InChI is InChI=1S/C22H25N5O2/c1-26-14-11-23-21(26)17-6-7-19(25-24-17)27-12-9-22(10-13-27)20-16(8-15-29-22)4-3-5-18(20)28-2/h3-7,11,14H,8-10,12-13,15H2,1-2H3. The van der Waals surface area contributed by atoms with Gasteiger partial charge < -0.3 is 18.9 Å². The Kier molecular flexibility index (Phi) is 4.47. The van der Waals surface area contributed by atoms with Gasteiger partial charge in [0.05, 0.1) is 13.7 Å². The van der Waals surface area contributed by atoms with Crippen molar-refractivity contribution in [2.45, 2.75) is 24.9 Å². The Balaban J connectivity index is 1.36. The van der Waals surface area contributed by atoms with E-state index in [1.54, 1.807) is 13.3 Å². The number of aryl methyl sites for hydroxylation is 1. The Morgan fingerprint density at radius 2 is 1.97 bits per heavy atom.